The SMILES string of the molecule is N#Cc1cncc(NC(=O)NC(=O)c2c(Cl)cccc2Cl)n1. The Labute approximate surface area is 134 Å². The first-order valence-electron chi connectivity index (χ1n) is 5.79. The fourth-order valence-electron chi connectivity index (χ4n) is 1.51. The summed E-state index contributed by atoms with van der Waals surface area (Å²) in [5.41, 5.74) is 0.0103. The predicted octanol–water partition coefficient (Wildman–Crippen LogP) is 2.62. The molecule has 0 unspecified atom stereocenters. The van der Waals surface area contributed by atoms with Crippen LogP contribution in [0.1, 0.15) is 16.1 Å². The summed E-state index contributed by atoms with van der Waals surface area (Å²) in [6, 6.07) is 5.44. The lowest BCUT2D eigenvalue weighted by molar-refractivity contribution is 0.0967. The number of anilines is 1. The van der Waals surface area contributed by atoms with Crippen LogP contribution in [0.3, 0.4) is 0 Å². The zero-order valence-corrected chi connectivity index (χ0v) is 12.3. The Morgan fingerprint density at radius 3 is 2.50 bits per heavy atom. The number of amides is 3. The van der Waals surface area contributed by atoms with E-state index in [2.05, 4.69) is 20.6 Å². The summed E-state index contributed by atoms with van der Waals surface area (Å²) in [5.74, 6) is -0.743. The Morgan fingerprint density at radius 2 is 1.86 bits per heavy atom. The molecule has 0 radical (unpaired) electrons. The minimum atomic E-state index is -0.856. The third-order valence-corrected chi connectivity index (χ3v) is 3.04. The van der Waals surface area contributed by atoms with Crippen molar-refractivity contribution in [3.63, 3.8) is 0 Å². The topological polar surface area (TPSA) is 108 Å². The first kappa shape index (κ1) is 15.7. The number of rotatable bonds is 2. The molecule has 3 amide bonds. The molecular formula is C13H7Cl2N5O2. The van der Waals surface area contributed by atoms with E-state index < -0.39 is 11.9 Å². The number of benzene rings is 1. The maximum Gasteiger partial charge on any atom is 0.327 e. The molecule has 0 bridgehead atoms. The Bertz CT molecular complexity index is 768. The van der Waals surface area contributed by atoms with Crippen LogP contribution in [0.25, 0.3) is 0 Å². The molecule has 22 heavy (non-hydrogen) atoms. The molecular weight excluding hydrogens is 329 g/mol. The lowest BCUT2D eigenvalue weighted by atomic mass is 10.2. The van der Waals surface area contributed by atoms with Crippen LogP contribution in [0.2, 0.25) is 10.0 Å². The van der Waals surface area contributed by atoms with E-state index in [1.165, 1.54) is 24.5 Å². The van der Waals surface area contributed by atoms with E-state index in [-0.39, 0.29) is 27.1 Å². The van der Waals surface area contributed by atoms with Gasteiger partial charge in [-0.15, -0.1) is 0 Å². The highest BCUT2D eigenvalue weighted by molar-refractivity contribution is 6.40. The van der Waals surface area contributed by atoms with Gasteiger partial charge in [-0.3, -0.25) is 20.4 Å². The number of carbonyl (C=O) groups is 2. The second-order valence-corrected chi connectivity index (χ2v) is 4.72. The second-order valence-electron chi connectivity index (χ2n) is 3.91. The first-order chi connectivity index (χ1) is 10.5. The van der Waals surface area contributed by atoms with Gasteiger partial charge in [-0.05, 0) is 12.1 Å². The zero-order chi connectivity index (χ0) is 16.1. The molecule has 2 N–H and O–H groups in total. The van der Waals surface area contributed by atoms with E-state index in [0.29, 0.717) is 0 Å². The molecule has 110 valence electrons. The lowest BCUT2D eigenvalue weighted by Gasteiger charge is -2.08. The van der Waals surface area contributed by atoms with Crippen LogP contribution < -0.4 is 10.6 Å². The number of halogens is 2. The average Bonchev–Trinajstić information content (AvgIpc) is 2.47. The van der Waals surface area contributed by atoms with Crippen molar-refractivity contribution < 1.29 is 9.59 Å². The predicted molar refractivity (Wildman–Crippen MR) is 79.7 cm³/mol. The van der Waals surface area contributed by atoms with Crippen LogP contribution >= 0.6 is 23.2 Å². The third-order valence-electron chi connectivity index (χ3n) is 2.41. The molecule has 0 fully saturated rings. The summed E-state index contributed by atoms with van der Waals surface area (Å²) in [6.07, 6.45) is 2.46. The van der Waals surface area contributed by atoms with Crippen LogP contribution in [-0.2, 0) is 0 Å². The minimum Gasteiger partial charge on any atom is -0.291 e. The molecule has 7 nitrogen and oxygen atoms in total. The molecule has 1 aromatic carbocycles. The summed E-state index contributed by atoms with van der Waals surface area (Å²) in [5, 5.41) is 13.2. The van der Waals surface area contributed by atoms with Crippen molar-refractivity contribution in [2.45, 2.75) is 0 Å². The summed E-state index contributed by atoms with van der Waals surface area (Å²) in [4.78, 5) is 31.2. The van der Waals surface area contributed by atoms with Gasteiger partial charge < -0.3 is 0 Å². The van der Waals surface area contributed by atoms with Crippen molar-refractivity contribution in [2.75, 3.05) is 5.32 Å². The first-order valence-corrected chi connectivity index (χ1v) is 6.55. The Balaban J connectivity index is 2.09. The van der Waals surface area contributed by atoms with Crippen LogP contribution in [0.5, 0.6) is 0 Å². The van der Waals surface area contributed by atoms with Crippen LogP contribution in [-0.4, -0.2) is 21.9 Å². The maximum atomic E-state index is 12.0. The highest BCUT2D eigenvalue weighted by Gasteiger charge is 2.17. The maximum absolute atomic E-state index is 12.0. The van der Waals surface area contributed by atoms with Gasteiger partial charge in [0.1, 0.15) is 6.07 Å². The van der Waals surface area contributed by atoms with E-state index in [4.69, 9.17) is 28.5 Å². The quantitative estimate of drug-likeness (QED) is 0.876. The smallest absolute Gasteiger partial charge is 0.291 e. The van der Waals surface area contributed by atoms with Gasteiger partial charge >= 0.3 is 6.03 Å². The lowest BCUT2D eigenvalue weighted by Crippen LogP contribution is -2.35. The van der Waals surface area contributed by atoms with Gasteiger partial charge in [0, 0.05) is 0 Å². The molecule has 0 aliphatic heterocycles. The van der Waals surface area contributed by atoms with Gasteiger partial charge in [0.25, 0.3) is 5.91 Å². The van der Waals surface area contributed by atoms with E-state index >= 15 is 0 Å². The van der Waals surface area contributed by atoms with Crippen LogP contribution in [0.4, 0.5) is 10.6 Å². The van der Waals surface area contributed by atoms with Gasteiger partial charge in [0.15, 0.2) is 11.5 Å². The number of urea groups is 1. The molecule has 0 saturated carbocycles. The molecule has 2 aromatic rings. The fraction of sp³-hybridized carbons (Fsp3) is 0. The number of nitrogens with zero attached hydrogens (tertiary/aromatic N) is 3. The molecule has 0 aliphatic carbocycles. The highest BCUT2D eigenvalue weighted by atomic mass is 35.5. The standard InChI is InChI=1S/C13H7Cl2N5O2/c14-8-2-1-3-9(15)11(8)12(21)20-13(22)19-10-6-17-5-7(4-16)18-10/h1-3,5-6H,(H2,18,19,20,21,22). The van der Waals surface area contributed by atoms with E-state index in [9.17, 15) is 9.59 Å². The van der Waals surface area contributed by atoms with Crippen LogP contribution in [0, 0.1) is 11.3 Å². The van der Waals surface area contributed by atoms with Crippen molar-refractivity contribution in [1.29, 1.82) is 5.26 Å². The summed E-state index contributed by atoms with van der Waals surface area (Å²) in [7, 11) is 0. The van der Waals surface area contributed by atoms with Gasteiger partial charge in [0.05, 0.1) is 28.0 Å². The van der Waals surface area contributed by atoms with E-state index in [0.717, 1.165) is 0 Å². The minimum absolute atomic E-state index is 0.0159. The van der Waals surface area contributed by atoms with Crippen LogP contribution in [0.15, 0.2) is 30.6 Å². The number of hydrogen-bond donors (Lipinski definition) is 2. The molecule has 0 spiro atoms. The van der Waals surface area contributed by atoms with Gasteiger partial charge in [-0.25, -0.2) is 9.78 Å². The zero-order valence-electron chi connectivity index (χ0n) is 10.8. The molecule has 0 aliphatic rings. The van der Waals surface area contributed by atoms with Gasteiger partial charge in [-0.2, -0.15) is 5.26 Å². The monoisotopic (exact) mass is 335 g/mol. The number of hydrogen-bond acceptors (Lipinski definition) is 5. The number of nitriles is 1. The molecule has 2 rings (SSSR count). The average molecular weight is 336 g/mol. The fourth-order valence-corrected chi connectivity index (χ4v) is 2.08. The van der Waals surface area contributed by atoms with Crippen molar-refractivity contribution >= 4 is 41.0 Å². The number of carbonyl (C=O) groups excluding carboxylic acids is 2. The Morgan fingerprint density at radius 1 is 1.18 bits per heavy atom. The van der Waals surface area contributed by atoms with Crippen molar-refractivity contribution in [3.05, 3.63) is 51.9 Å². The third kappa shape index (κ3) is 3.69. The van der Waals surface area contributed by atoms with Crippen molar-refractivity contribution in [2.24, 2.45) is 0 Å². The Kier molecular flexibility index (Phi) is 4.88. The normalized spacial score (nSPS) is 9.68. The molecule has 0 atom stereocenters. The number of nitrogens with one attached hydrogen (secondary N) is 2. The summed E-state index contributed by atoms with van der Waals surface area (Å²) in [6.45, 7) is 0. The van der Waals surface area contributed by atoms with E-state index in [1.807, 2.05) is 0 Å². The van der Waals surface area contributed by atoms with Gasteiger partial charge in [-0.1, -0.05) is 29.3 Å². The molecule has 0 saturated heterocycles. The summed E-state index contributed by atoms with van der Waals surface area (Å²) >= 11 is 11.7. The molecule has 1 aromatic heterocycles. The Hall–Kier alpha value is -2.69. The molecule has 1 heterocycles. The number of imide groups is 1. The van der Waals surface area contributed by atoms with Crippen molar-refractivity contribution in [1.82, 2.24) is 15.3 Å². The largest absolute Gasteiger partial charge is 0.327 e. The highest BCUT2D eigenvalue weighted by Crippen LogP contribution is 2.23. The van der Waals surface area contributed by atoms with Gasteiger partial charge in [0.2, 0.25) is 0 Å². The summed E-state index contributed by atoms with van der Waals surface area (Å²) < 4.78 is 0. The second kappa shape index (κ2) is 6.85. The molecule has 9 heteroatoms. The number of aromatic nitrogens is 2. The van der Waals surface area contributed by atoms with E-state index in [1.54, 1.807) is 12.1 Å². The van der Waals surface area contributed by atoms with Crippen molar-refractivity contribution in [3.8, 4) is 6.07 Å².